The van der Waals surface area contributed by atoms with Gasteiger partial charge in [0.05, 0.1) is 25.3 Å². The van der Waals surface area contributed by atoms with Crippen LogP contribution in [0, 0.1) is 23.7 Å². The Kier molecular flexibility index (Phi) is 38.2. The van der Waals surface area contributed by atoms with Crippen molar-refractivity contribution in [2.75, 3.05) is 27.3 Å². The van der Waals surface area contributed by atoms with Gasteiger partial charge in [0, 0.05) is 39.5 Å². The first-order chi connectivity index (χ1) is 38.2. The number of aliphatic hydroxyl groups excluding tert-OH is 2. The Morgan fingerprint density at radius 1 is 0.570 bits per heavy atom. The zero-order valence-electron chi connectivity index (χ0n) is 48.8. The molecule has 8 atom stereocenters. The fraction of sp³-hybridized carbons (Fsp3) is 0.767. The van der Waals surface area contributed by atoms with Crippen LogP contribution >= 0.6 is 0 Å². The molecule has 2 aliphatic heterocycles. The van der Waals surface area contributed by atoms with Crippen LogP contribution in [-0.2, 0) is 28.5 Å². The number of carboxylic acid groups (broad SMARTS) is 1. The van der Waals surface area contributed by atoms with Crippen LogP contribution in [0.3, 0.4) is 0 Å². The number of unbranched alkanes of at least 4 members (excludes halogenated alkanes) is 24. The van der Waals surface area contributed by atoms with Gasteiger partial charge in [-0.05, 0) is 25.7 Å². The molecule has 79 heavy (non-hydrogen) atoms. The molecule has 2 aromatic heterocycles. The van der Waals surface area contributed by atoms with Crippen LogP contribution in [0.15, 0.2) is 31.6 Å². The van der Waals surface area contributed by atoms with Gasteiger partial charge >= 0.3 is 17.3 Å². The lowest BCUT2D eigenvalue weighted by atomic mass is 10.0. The number of hydrogen-bond donors (Lipinski definition) is 7. The third-order valence-electron chi connectivity index (χ3n) is 14.4. The third-order valence-corrected chi connectivity index (χ3v) is 14.4. The molecule has 0 aromatic carbocycles. The predicted molar refractivity (Wildman–Crippen MR) is 309 cm³/mol. The average molecular weight is 1110 g/mol. The van der Waals surface area contributed by atoms with Crippen LogP contribution in [0.2, 0.25) is 0 Å². The van der Waals surface area contributed by atoms with Crippen molar-refractivity contribution < 1.29 is 43.9 Å². The highest BCUT2D eigenvalue weighted by Crippen LogP contribution is 2.33. The molecular weight excluding hydrogens is 1010 g/mol. The SMILES string of the molecule is CCCCCCCCCCCCCCCC(=O)NCC#Cc1cn([C@@H]2O[C@H](CC)[C@H](O)C2OC)c(=O)[nH]c1=O.CCCCCCCCCCCCCCCC(=O)O.CC[C@H]1O[C@@H](n2cc(C#CCN)c(=O)[nH]c2=O)C(OC)[C@H]1O. The lowest BCUT2D eigenvalue weighted by molar-refractivity contribution is -0.137. The molecule has 4 heterocycles. The Morgan fingerprint density at radius 3 is 1.24 bits per heavy atom. The number of carboxylic acids is 1. The van der Waals surface area contributed by atoms with Gasteiger partial charge in [-0.25, -0.2) is 9.59 Å². The molecule has 0 spiro atoms. The number of aliphatic carboxylic acids is 1. The molecule has 4 rings (SSSR count). The summed E-state index contributed by atoms with van der Waals surface area (Å²) in [6, 6.07) is 0. The number of H-pyrrole nitrogens is 2. The monoisotopic (exact) mass is 1110 g/mol. The maximum Gasteiger partial charge on any atom is 0.330 e. The summed E-state index contributed by atoms with van der Waals surface area (Å²) in [7, 11) is 2.86. The second-order valence-corrected chi connectivity index (χ2v) is 20.7. The fourth-order valence-electron chi connectivity index (χ4n) is 9.71. The van der Waals surface area contributed by atoms with E-state index in [4.69, 9.17) is 29.8 Å². The maximum absolute atomic E-state index is 12.4. The van der Waals surface area contributed by atoms with E-state index in [0.717, 1.165) is 32.1 Å². The van der Waals surface area contributed by atoms with Crippen LogP contribution < -0.4 is 33.5 Å². The highest BCUT2D eigenvalue weighted by molar-refractivity contribution is 5.76. The Labute approximate surface area is 469 Å². The van der Waals surface area contributed by atoms with Gasteiger partial charge in [0.15, 0.2) is 12.5 Å². The molecular formula is C60H100N6O13. The van der Waals surface area contributed by atoms with Crippen molar-refractivity contribution in [1.29, 1.82) is 0 Å². The molecule has 8 N–H and O–H groups in total. The number of nitrogens with zero attached hydrogens (tertiary/aromatic N) is 2. The highest BCUT2D eigenvalue weighted by atomic mass is 16.6. The van der Waals surface area contributed by atoms with E-state index in [-0.39, 0.29) is 30.1 Å². The molecule has 0 bridgehead atoms. The highest BCUT2D eigenvalue weighted by Gasteiger charge is 2.45. The van der Waals surface area contributed by atoms with E-state index in [1.54, 1.807) is 0 Å². The number of aliphatic hydroxyl groups is 2. The smallest absolute Gasteiger partial charge is 0.330 e. The van der Waals surface area contributed by atoms with Gasteiger partial charge in [-0.1, -0.05) is 205 Å². The van der Waals surface area contributed by atoms with Gasteiger partial charge in [-0.3, -0.25) is 38.3 Å². The van der Waals surface area contributed by atoms with Crippen LogP contribution in [-0.4, -0.2) is 110 Å². The van der Waals surface area contributed by atoms with E-state index < -0.39 is 77.5 Å². The first-order valence-corrected chi connectivity index (χ1v) is 29.8. The molecule has 2 unspecified atom stereocenters. The van der Waals surface area contributed by atoms with Gasteiger partial charge in [-0.15, -0.1) is 0 Å². The maximum atomic E-state index is 12.4. The summed E-state index contributed by atoms with van der Waals surface area (Å²) < 4.78 is 24.4. The number of nitrogens with one attached hydrogen (secondary N) is 3. The molecule has 2 aliphatic rings. The minimum Gasteiger partial charge on any atom is -0.481 e. The lowest BCUT2D eigenvalue weighted by Crippen LogP contribution is -2.39. The Morgan fingerprint density at radius 2 is 0.911 bits per heavy atom. The zero-order valence-corrected chi connectivity index (χ0v) is 48.8. The van der Waals surface area contributed by atoms with Crippen molar-refractivity contribution in [2.45, 2.75) is 269 Å². The molecule has 2 saturated heterocycles. The van der Waals surface area contributed by atoms with Crippen LogP contribution in [0.4, 0.5) is 0 Å². The number of aromatic nitrogens is 4. The Balaban J connectivity index is 0.000000449. The van der Waals surface area contributed by atoms with Gasteiger partial charge < -0.3 is 45.3 Å². The molecule has 0 saturated carbocycles. The largest absolute Gasteiger partial charge is 0.481 e. The summed E-state index contributed by atoms with van der Waals surface area (Å²) in [6.45, 7) is 8.43. The molecule has 2 fully saturated rings. The van der Waals surface area contributed by atoms with E-state index in [0.29, 0.717) is 25.7 Å². The second-order valence-electron chi connectivity index (χ2n) is 20.7. The lowest BCUT2D eigenvalue weighted by Gasteiger charge is -2.20. The molecule has 448 valence electrons. The van der Waals surface area contributed by atoms with Crippen molar-refractivity contribution in [3.8, 4) is 23.7 Å². The zero-order chi connectivity index (χ0) is 58.2. The third kappa shape index (κ3) is 27.4. The minimum atomic E-state index is -0.900. The topological polar surface area (TPSA) is 280 Å². The molecule has 19 heteroatoms. The number of methoxy groups -OCH3 is 2. The van der Waals surface area contributed by atoms with Crippen LogP contribution in [0.25, 0.3) is 0 Å². The number of amides is 1. The predicted octanol–water partition coefficient (Wildman–Crippen LogP) is 8.25. The van der Waals surface area contributed by atoms with Crippen LogP contribution in [0.1, 0.15) is 244 Å². The Bertz CT molecular complexity index is 2360. The number of rotatable bonds is 35. The normalized spacial score (nSPS) is 20.2. The van der Waals surface area contributed by atoms with Crippen molar-refractivity contribution in [2.24, 2.45) is 5.73 Å². The average Bonchev–Trinajstić information content (AvgIpc) is 3.94. The number of hydrogen-bond acceptors (Lipinski definition) is 13. The second kappa shape index (κ2) is 42.9. The quantitative estimate of drug-likeness (QED) is 0.0253. The van der Waals surface area contributed by atoms with Crippen molar-refractivity contribution in [1.82, 2.24) is 24.4 Å². The van der Waals surface area contributed by atoms with Gasteiger partial charge in [0.25, 0.3) is 11.1 Å². The van der Waals surface area contributed by atoms with E-state index in [2.05, 4.69) is 52.8 Å². The molecule has 19 nitrogen and oxygen atoms in total. The van der Waals surface area contributed by atoms with Gasteiger partial charge in [-0.2, -0.15) is 0 Å². The van der Waals surface area contributed by atoms with Gasteiger partial charge in [0.1, 0.15) is 35.5 Å². The summed E-state index contributed by atoms with van der Waals surface area (Å²) >= 11 is 0. The van der Waals surface area contributed by atoms with Crippen molar-refractivity contribution in [3.63, 3.8) is 0 Å². The molecule has 2 aromatic rings. The molecule has 0 radical (unpaired) electrons. The summed E-state index contributed by atoms with van der Waals surface area (Å²) in [4.78, 5) is 75.2. The van der Waals surface area contributed by atoms with E-state index >= 15 is 0 Å². The molecule has 1 amide bonds. The first kappa shape index (κ1) is 70.2. The fourth-order valence-corrected chi connectivity index (χ4v) is 9.71. The number of aromatic amines is 2. The summed E-state index contributed by atoms with van der Waals surface area (Å²) in [5.41, 5.74) is 2.89. The first-order valence-electron chi connectivity index (χ1n) is 29.8. The van der Waals surface area contributed by atoms with E-state index in [9.17, 15) is 39.0 Å². The number of nitrogens with two attached hydrogens (primary N) is 1. The van der Waals surface area contributed by atoms with Gasteiger partial charge in [0.2, 0.25) is 5.91 Å². The number of ether oxygens (including phenoxy) is 4. The van der Waals surface area contributed by atoms with Crippen molar-refractivity contribution >= 4 is 11.9 Å². The van der Waals surface area contributed by atoms with E-state index in [1.807, 2.05) is 13.8 Å². The Hall–Kier alpha value is -4.86. The summed E-state index contributed by atoms with van der Waals surface area (Å²) in [5.74, 6) is 9.93. The number of carbonyl (C=O) groups excluding carboxylic acids is 1. The summed E-state index contributed by atoms with van der Waals surface area (Å²) in [6.07, 6.45) is 31.9. The number of carbonyl (C=O) groups is 2. The minimum absolute atomic E-state index is 0.0619. The standard InChI is InChI=1S/C30H49N3O6.C16H32O2.C14H19N3O5/c1-4-6-7-8-9-10-11-12-13-14-15-16-17-20-25(34)31-21-18-19-23-22-33(30(37)32-28(23)36)29-27(38-3)26(35)24(5-2)39-29;1-2-3-4-5-6-7-8-9-10-11-12-13-14-15-16(17)18;1-3-9-10(18)11(21-2)13(22-9)17-7-8(5-4-6-15)12(19)16-14(17)20/h22,24,26-27,29,35H,4-17,20-21H2,1-3H3,(H,31,34)(H,32,36,37);2-15H2,1H3,(H,17,18);7,9-11,13,18H,3,6,15H2,1-2H3,(H,16,19,20)/t24-,26+,27?,29-;;9-,10+,11?,13-/m1.1/s1. The van der Waals surface area contributed by atoms with Crippen molar-refractivity contribution in [3.05, 3.63) is 65.2 Å². The van der Waals surface area contributed by atoms with Crippen LogP contribution in [0.5, 0.6) is 0 Å². The molecule has 0 aliphatic carbocycles. The summed E-state index contributed by atoms with van der Waals surface area (Å²) in [5, 5.41) is 31.8. The van der Waals surface area contributed by atoms with E-state index in [1.165, 1.54) is 171 Å².